The highest BCUT2D eigenvalue weighted by molar-refractivity contribution is 6.02. The van der Waals surface area contributed by atoms with Gasteiger partial charge in [0, 0.05) is 23.7 Å². The van der Waals surface area contributed by atoms with Gasteiger partial charge in [-0.1, -0.05) is 0 Å². The van der Waals surface area contributed by atoms with Gasteiger partial charge in [-0.05, 0) is 55.2 Å². The number of carbonyl (C=O) groups excluding carboxylic acids is 1. The summed E-state index contributed by atoms with van der Waals surface area (Å²) in [5.74, 6) is -0.285. The third-order valence-corrected chi connectivity index (χ3v) is 6.01. The van der Waals surface area contributed by atoms with Crippen molar-refractivity contribution in [3.63, 3.8) is 0 Å². The Morgan fingerprint density at radius 1 is 1.08 bits per heavy atom. The molecule has 0 aliphatic heterocycles. The number of ketones is 1. The van der Waals surface area contributed by atoms with Crippen molar-refractivity contribution in [3.05, 3.63) is 60.0 Å². The fourth-order valence-electron chi connectivity index (χ4n) is 4.04. The second kappa shape index (κ2) is 9.41. The lowest BCUT2D eigenvalue weighted by atomic mass is 10.00. The average molecular weight is 518 g/mol. The van der Waals surface area contributed by atoms with E-state index in [1.165, 1.54) is 25.4 Å². The van der Waals surface area contributed by atoms with Crippen molar-refractivity contribution < 1.29 is 36.2 Å². The molecular weight excluding hydrogens is 499 g/mol. The number of halogens is 5. The molecule has 0 saturated heterocycles. The van der Waals surface area contributed by atoms with Gasteiger partial charge in [0.1, 0.15) is 22.7 Å². The van der Waals surface area contributed by atoms with Gasteiger partial charge in [-0.25, -0.2) is 4.98 Å². The van der Waals surface area contributed by atoms with Crippen molar-refractivity contribution in [1.82, 2.24) is 19.6 Å². The molecule has 0 spiro atoms. The van der Waals surface area contributed by atoms with Crippen LogP contribution < -0.4 is 9.47 Å². The van der Waals surface area contributed by atoms with E-state index >= 15 is 0 Å². The van der Waals surface area contributed by atoms with Gasteiger partial charge in [0.05, 0.1) is 24.7 Å². The average Bonchev–Trinajstić information content (AvgIpc) is 3.57. The topological polar surface area (TPSA) is 78.6 Å². The molecule has 1 saturated carbocycles. The number of nitrogens with zero attached hydrogens (tertiary/aromatic N) is 4. The van der Waals surface area contributed by atoms with Crippen LogP contribution >= 0.6 is 0 Å². The van der Waals surface area contributed by atoms with Crippen LogP contribution in [0.3, 0.4) is 0 Å². The van der Waals surface area contributed by atoms with Crippen LogP contribution in [0.1, 0.15) is 35.3 Å². The molecule has 192 valence electrons. The summed E-state index contributed by atoms with van der Waals surface area (Å²) < 4.78 is 76.5. The van der Waals surface area contributed by atoms with Crippen molar-refractivity contribution >= 4 is 11.4 Å². The third-order valence-electron chi connectivity index (χ3n) is 6.01. The Kier molecular flexibility index (Phi) is 6.26. The molecule has 3 aromatic heterocycles. The molecular formula is C25H19F5N4O3. The second-order valence-corrected chi connectivity index (χ2v) is 8.59. The largest absolute Gasteiger partial charge is 0.496 e. The zero-order valence-electron chi connectivity index (χ0n) is 19.3. The summed E-state index contributed by atoms with van der Waals surface area (Å²) in [6, 6.07) is 8.15. The van der Waals surface area contributed by atoms with E-state index in [1.54, 1.807) is 28.8 Å². The zero-order valence-corrected chi connectivity index (χ0v) is 19.3. The second-order valence-electron chi connectivity index (χ2n) is 8.59. The van der Waals surface area contributed by atoms with E-state index in [1.807, 2.05) is 0 Å². The minimum absolute atomic E-state index is 0.0320. The lowest BCUT2D eigenvalue weighted by molar-refractivity contribution is -0.141. The molecule has 4 aromatic rings. The van der Waals surface area contributed by atoms with Crippen LogP contribution in [-0.2, 0) is 6.18 Å². The molecule has 0 N–H and O–H groups in total. The molecule has 37 heavy (non-hydrogen) atoms. The number of aromatic nitrogens is 4. The Hall–Kier alpha value is -4.09. The first-order chi connectivity index (χ1) is 17.6. The van der Waals surface area contributed by atoms with Crippen LogP contribution in [0, 0.1) is 5.92 Å². The van der Waals surface area contributed by atoms with E-state index < -0.39 is 18.5 Å². The lowest BCUT2D eigenvalue weighted by Crippen LogP contribution is -2.11. The molecule has 1 aliphatic carbocycles. The van der Waals surface area contributed by atoms with Crippen LogP contribution in [0.2, 0.25) is 0 Å². The molecule has 0 unspecified atom stereocenters. The van der Waals surface area contributed by atoms with E-state index in [0.717, 1.165) is 18.9 Å². The SMILES string of the molecule is COc1cc(-c2cnc3cc(-c4ccc(C(F)(F)F)nn4)ccn23)cc(OC(F)F)c1C(=O)CC1CC1. The minimum Gasteiger partial charge on any atom is -0.496 e. The van der Waals surface area contributed by atoms with Gasteiger partial charge in [0.15, 0.2) is 11.5 Å². The Morgan fingerprint density at radius 2 is 1.84 bits per heavy atom. The van der Waals surface area contributed by atoms with Gasteiger partial charge in [0.2, 0.25) is 0 Å². The number of alkyl halides is 5. The molecule has 0 radical (unpaired) electrons. The molecule has 0 bridgehead atoms. The highest BCUT2D eigenvalue weighted by Crippen LogP contribution is 2.40. The van der Waals surface area contributed by atoms with Gasteiger partial charge in [-0.3, -0.25) is 9.20 Å². The van der Waals surface area contributed by atoms with Gasteiger partial charge in [-0.15, -0.1) is 10.2 Å². The van der Waals surface area contributed by atoms with Crippen LogP contribution in [0.5, 0.6) is 11.5 Å². The van der Waals surface area contributed by atoms with Gasteiger partial charge < -0.3 is 9.47 Å². The molecule has 7 nitrogen and oxygen atoms in total. The Labute approximate surface area is 206 Å². The Balaban J connectivity index is 1.53. The number of fused-ring (bicyclic) bond motifs is 1. The summed E-state index contributed by atoms with van der Waals surface area (Å²) in [5.41, 5.74) is 0.867. The fraction of sp³-hybridized carbons (Fsp3) is 0.280. The molecule has 0 amide bonds. The number of methoxy groups -OCH3 is 1. The number of imidazole rings is 1. The number of carbonyl (C=O) groups is 1. The van der Waals surface area contributed by atoms with Crippen molar-refractivity contribution in [2.24, 2.45) is 5.92 Å². The summed E-state index contributed by atoms with van der Waals surface area (Å²) in [5, 5.41) is 6.89. The third kappa shape index (κ3) is 5.09. The molecule has 5 rings (SSSR count). The molecule has 1 aliphatic rings. The van der Waals surface area contributed by atoms with E-state index in [-0.39, 0.29) is 40.9 Å². The zero-order chi connectivity index (χ0) is 26.3. The van der Waals surface area contributed by atoms with Crippen molar-refractivity contribution in [2.45, 2.75) is 32.1 Å². The predicted octanol–water partition coefficient (Wildman–Crippen LogP) is 6.07. The van der Waals surface area contributed by atoms with Crippen LogP contribution in [-0.4, -0.2) is 39.1 Å². The maximum absolute atomic E-state index is 13.2. The Morgan fingerprint density at radius 3 is 2.46 bits per heavy atom. The van der Waals surface area contributed by atoms with Gasteiger partial charge in [-0.2, -0.15) is 22.0 Å². The number of Topliss-reactive ketones (excluding diaryl/α,β-unsaturated/α-hetero) is 1. The quantitative estimate of drug-likeness (QED) is 0.208. The van der Waals surface area contributed by atoms with Crippen LogP contribution in [0.15, 0.2) is 48.8 Å². The van der Waals surface area contributed by atoms with Gasteiger partial charge in [0.25, 0.3) is 0 Å². The highest BCUT2D eigenvalue weighted by atomic mass is 19.4. The molecule has 1 fully saturated rings. The summed E-state index contributed by atoms with van der Waals surface area (Å²) in [7, 11) is 1.34. The van der Waals surface area contributed by atoms with Crippen molar-refractivity contribution in [2.75, 3.05) is 7.11 Å². The van der Waals surface area contributed by atoms with Crippen molar-refractivity contribution in [3.8, 4) is 34.0 Å². The van der Waals surface area contributed by atoms with E-state index in [4.69, 9.17) is 9.47 Å². The predicted molar refractivity (Wildman–Crippen MR) is 122 cm³/mol. The number of hydrogen-bond donors (Lipinski definition) is 0. The maximum Gasteiger partial charge on any atom is 0.435 e. The standard InChI is InChI=1S/C25H19F5N4O3/c1-36-19-9-15(10-20(37-24(26)27)23(19)18(35)8-13-2-3-13)17-12-31-22-11-14(6-7-34(17)22)16-4-5-21(33-32-16)25(28,29)30/h4-7,9-13,24H,2-3,8H2,1H3. The molecule has 12 heteroatoms. The number of benzene rings is 1. The van der Waals surface area contributed by atoms with E-state index in [2.05, 4.69) is 15.2 Å². The lowest BCUT2D eigenvalue weighted by Gasteiger charge is -2.16. The normalized spacial score (nSPS) is 13.8. The highest BCUT2D eigenvalue weighted by Gasteiger charge is 2.33. The monoisotopic (exact) mass is 518 g/mol. The number of ether oxygens (including phenoxy) is 2. The van der Waals surface area contributed by atoms with Crippen molar-refractivity contribution in [1.29, 1.82) is 0 Å². The summed E-state index contributed by atoms with van der Waals surface area (Å²) in [6.07, 6.45) is 0.556. The number of rotatable bonds is 8. The summed E-state index contributed by atoms with van der Waals surface area (Å²) >= 11 is 0. The first-order valence-electron chi connectivity index (χ1n) is 11.2. The smallest absolute Gasteiger partial charge is 0.435 e. The van der Waals surface area contributed by atoms with E-state index in [0.29, 0.717) is 22.5 Å². The number of pyridine rings is 1. The maximum atomic E-state index is 13.2. The van der Waals surface area contributed by atoms with Crippen LogP contribution in [0.25, 0.3) is 28.2 Å². The number of hydrogen-bond acceptors (Lipinski definition) is 6. The first-order valence-corrected chi connectivity index (χ1v) is 11.2. The fourth-order valence-corrected chi connectivity index (χ4v) is 4.04. The molecule has 0 atom stereocenters. The van der Waals surface area contributed by atoms with Gasteiger partial charge >= 0.3 is 12.8 Å². The first kappa shape index (κ1) is 24.6. The van der Waals surface area contributed by atoms with Crippen LogP contribution in [0.4, 0.5) is 22.0 Å². The Bertz CT molecular complexity index is 1460. The molecule has 3 heterocycles. The summed E-state index contributed by atoms with van der Waals surface area (Å²) in [6.45, 7) is -3.15. The molecule has 1 aromatic carbocycles. The summed E-state index contributed by atoms with van der Waals surface area (Å²) in [4.78, 5) is 17.2. The van der Waals surface area contributed by atoms with E-state index in [9.17, 15) is 26.7 Å². The minimum atomic E-state index is -4.60.